The molecule has 1 unspecified atom stereocenters. The van der Waals surface area contributed by atoms with Gasteiger partial charge in [0.25, 0.3) is 0 Å². The van der Waals surface area contributed by atoms with E-state index in [2.05, 4.69) is 36.7 Å². The summed E-state index contributed by atoms with van der Waals surface area (Å²) in [6.07, 6.45) is 4.31. The number of nitrogens with two attached hydrogens (primary N) is 1. The van der Waals surface area contributed by atoms with Crippen molar-refractivity contribution >= 4 is 0 Å². The second kappa shape index (κ2) is 8.22. The molecule has 18 heavy (non-hydrogen) atoms. The summed E-state index contributed by atoms with van der Waals surface area (Å²) in [5, 5.41) is 0. The van der Waals surface area contributed by atoms with Crippen LogP contribution in [0.2, 0.25) is 0 Å². The highest BCUT2D eigenvalue weighted by molar-refractivity contribution is 5.09. The highest BCUT2D eigenvalue weighted by Gasteiger charge is 2.20. The number of rotatable bonds is 8. The SMILES string of the molecule is CCC(CC)CN(CC)C(CN)c1ccccn1. The van der Waals surface area contributed by atoms with Crippen LogP contribution in [0.25, 0.3) is 0 Å². The first-order valence-electron chi connectivity index (χ1n) is 7.11. The van der Waals surface area contributed by atoms with Crippen LogP contribution in [-0.4, -0.2) is 29.5 Å². The molecule has 0 aliphatic carbocycles. The van der Waals surface area contributed by atoms with E-state index in [1.54, 1.807) is 0 Å². The molecule has 1 aromatic heterocycles. The predicted octanol–water partition coefficient (Wildman–Crippen LogP) is 2.84. The van der Waals surface area contributed by atoms with Crippen molar-refractivity contribution in [2.75, 3.05) is 19.6 Å². The molecule has 0 aliphatic heterocycles. The zero-order valence-corrected chi connectivity index (χ0v) is 12.0. The van der Waals surface area contributed by atoms with Crippen molar-refractivity contribution in [2.24, 2.45) is 11.7 Å². The van der Waals surface area contributed by atoms with Crippen LogP contribution < -0.4 is 5.73 Å². The number of hydrogen-bond donors (Lipinski definition) is 1. The van der Waals surface area contributed by atoms with E-state index in [1.807, 2.05) is 18.3 Å². The molecule has 1 heterocycles. The maximum atomic E-state index is 5.96. The first kappa shape index (κ1) is 15.1. The topological polar surface area (TPSA) is 42.1 Å². The number of pyridine rings is 1. The zero-order valence-electron chi connectivity index (χ0n) is 12.0. The Morgan fingerprint density at radius 2 is 1.94 bits per heavy atom. The molecule has 1 rings (SSSR count). The number of aromatic nitrogens is 1. The Morgan fingerprint density at radius 1 is 1.22 bits per heavy atom. The van der Waals surface area contributed by atoms with Gasteiger partial charge in [-0.2, -0.15) is 0 Å². The third-order valence-electron chi connectivity index (χ3n) is 3.75. The summed E-state index contributed by atoms with van der Waals surface area (Å²) in [7, 11) is 0. The third-order valence-corrected chi connectivity index (χ3v) is 3.75. The Balaban J connectivity index is 2.77. The summed E-state index contributed by atoms with van der Waals surface area (Å²) in [6.45, 7) is 9.50. The molecule has 0 bridgehead atoms. The zero-order chi connectivity index (χ0) is 13.4. The van der Waals surface area contributed by atoms with Crippen LogP contribution >= 0.6 is 0 Å². The largest absolute Gasteiger partial charge is 0.329 e. The van der Waals surface area contributed by atoms with Crippen molar-refractivity contribution in [2.45, 2.75) is 39.7 Å². The lowest BCUT2D eigenvalue weighted by Crippen LogP contribution is -2.37. The van der Waals surface area contributed by atoms with Gasteiger partial charge in [0, 0.05) is 19.3 Å². The smallest absolute Gasteiger partial charge is 0.0644 e. The van der Waals surface area contributed by atoms with Crippen molar-refractivity contribution in [1.29, 1.82) is 0 Å². The van der Waals surface area contributed by atoms with Gasteiger partial charge in [-0.15, -0.1) is 0 Å². The van der Waals surface area contributed by atoms with E-state index in [9.17, 15) is 0 Å². The van der Waals surface area contributed by atoms with Crippen molar-refractivity contribution in [1.82, 2.24) is 9.88 Å². The van der Waals surface area contributed by atoms with E-state index >= 15 is 0 Å². The lowest BCUT2D eigenvalue weighted by Gasteiger charge is -2.32. The maximum Gasteiger partial charge on any atom is 0.0644 e. The summed E-state index contributed by atoms with van der Waals surface area (Å²) >= 11 is 0. The second-order valence-electron chi connectivity index (χ2n) is 4.78. The average Bonchev–Trinajstić information content (AvgIpc) is 2.44. The van der Waals surface area contributed by atoms with Gasteiger partial charge in [0.2, 0.25) is 0 Å². The Hall–Kier alpha value is -0.930. The fraction of sp³-hybridized carbons (Fsp3) is 0.667. The lowest BCUT2D eigenvalue weighted by molar-refractivity contribution is 0.171. The number of hydrogen-bond acceptors (Lipinski definition) is 3. The summed E-state index contributed by atoms with van der Waals surface area (Å²) in [6, 6.07) is 6.31. The molecule has 0 radical (unpaired) electrons. The summed E-state index contributed by atoms with van der Waals surface area (Å²) in [4.78, 5) is 6.91. The second-order valence-corrected chi connectivity index (χ2v) is 4.78. The lowest BCUT2D eigenvalue weighted by atomic mass is 10.0. The fourth-order valence-electron chi connectivity index (χ4n) is 2.39. The maximum absolute atomic E-state index is 5.96. The van der Waals surface area contributed by atoms with Crippen LogP contribution in [0, 0.1) is 5.92 Å². The Bertz CT molecular complexity index is 309. The molecule has 0 aliphatic rings. The molecule has 0 amide bonds. The summed E-state index contributed by atoms with van der Waals surface area (Å²) in [5.74, 6) is 0.753. The molecule has 0 saturated heterocycles. The first-order chi connectivity index (χ1) is 8.76. The molecule has 0 spiro atoms. The first-order valence-corrected chi connectivity index (χ1v) is 7.11. The molecule has 3 heteroatoms. The van der Waals surface area contributed by atoms with Crippen LogP contribution in [0.15, 0.2) is 24.4 Å². The Labute approximate surface area is 111 Å². The van der Waals surface area contributed by atoms with Gasteiger partial charge in [0.15, 0.2) is 0 Å². The molecular formula is C15H27N3. The van der Waals surface area contributed by atoms with Crippen LogP contribution in [-0.2, 0) is 0 Å². The monoisotopic (exact) mass is 249 g/mol. The number of likely N-dealkylation sites (N-methyl/N-ethyl adjacent to an activating group) is 1. The molecule has 102 valence electrons. The van der Waals surface area contributed by atoms with Gasteiger partial charge in [-0.25, -0.2) is 0 Å². The minimum absolute atomic E-state index is 0.247. The van der Waals surface area contributed by atoms with E-state index < -0.39 is 0 Å². The average molecular weight is 249 g/mol. The van der Waals surface area contributed by atoms with Gasteiger partial charge in [-0.05, 0) is 24.6 Å². The third kappa shape index (κ3) is 4.07. The fourth-order valence-corrected chi connectivity index (χ4v) is 2.39. The predicted molar refractivity (Wildman–Crippen MR) is 77.4 cm³/mol. The molecule has 0 aromatic carbocycles. The van der Waals surface area contributed by atoms with Crippen LogP contribution in [0.3, 0.4) is 0 Å². The summed E-state index contributed by atoms with van der Waals surface area (Å²) in [5.41, 5.74) is 7.05. The van der Waals surface area contributed by atoms with Gasteiger partial charge in [-0.3, -0.25) is 9.88 Å². The van der Waals surface area contributed by atoms with Crippen LogP contribution in [0.5, 0.6) is 0 Å². The van der Waals surface area contributed by atoms with Gasteiger partial charge in [0.05, 0.1) is 11.7 Å². The Kier molecular flexibility index (Phi) is 6.91. The van der Waals surface area contributed by atoms with Crippen LogP contribution in [0.4, 0.5) is 0 Å². The van der Waals surface area contributed by atoms with Crippen molar-refractivity contribution in [3.05, 3.63) is 30.1 Å². The van der Waals surface area contributed by atoms with E-state index in [0.717, 1.165) is 24.7 Å². The van der Waals surface area contributed by atoms with Crippen molar-refractivity contribution < 1.29 is 0 Å². The van der Waals surface area contributed by atoms with Gasteiger partial charge in [-0.1, -0.05) is 39.7 Å². The minimum atomic E-state index is 0.247. The molecule has 3 nitrogen and oxygen atoms in total. The molecule has 0 fully saturated rings. The van der Waals surface area contributed by atoms with E-state index in [4.69, 9.17) is 5.73 Å². The van der Waals surface area contributed by atoms with Gasteiger partial charge in [0.1, 0.15) is 0 Å². The van der Waals surface area contributed by atoms with Crippen molar-refractivity contribution in [3.8, 4) is 0 Å². The Morgan fingerprint density at radius 3 is 2.39 bits per heavy atom. The van der Waals surface area contributed by atoms with E-state index in [0.29, 0.717) is 6.54 Å². The standard InChI is InChI=1S/C15H27N3/c1-4-13(5-2)12-18(6-3)15(11-16)14-9-7-8-10-17-14/h7-10,13,15H,4-6,11-12,16H2,1-3H3. The normalized spacial score (nSPS) is 13.2. The molecule has 2 N–H and O–H groups in total. The molecular weight excluding hydrogens is 222 g/mol. The van der Waals surface area contributed by atoms with Gasteiger partial charge < -0.3 is 5.73 Å². The molecule has 1 atom stereocenters. The van der Waals surface area contributed by atoms with Gasteiger partial charge >= 0.3 is 0 Å². The van der Waals surface area contributed by atoms with E-state index in [1.165, 1.54) is 12.8 Å². The quantitative estimate of drug-likeness (QED) is 0.770. The van der Waals surface area contributed by atoms with E-state index in [-0.39, 0.29) is 6.04 Å². The number of nitrogens with zero attached hydrogens (tertiary/aromatic N) is 2. The summed E-state index contributed by atoms with van der Waals surface area (Å²) < 4.78 is 0. The highest BCUT2D eigenvalue weighted by atomic mass is 15.2. The molecule has 1 aromatic rings. The van der Waals surface area contributed by atoms with Crippen molar-refractivity contribution in [3.63, 3.8) is 0 Å². The van der Waals surface area contributed by atoms with Crippen LogP contribution in [0.1, 0.15) is 45.3 Å². The minimum Gasteiger partial charge on any atom is -0.329 e. The highest BCUT2D eigenvalue weighted by Crippen LogP contribution is 2.20. The molecule has 0 saturated carbocycles.